The fourth-order valence-electron chi connectivity index (χ4n) is 3.31. The molecule has 0 heterocycles. The van der Waals surface area contributed by atoms with E-state index in [1.165, 1.54) is 12.1 Å². The van der Waals surface area contributed by atoms with Crippen LogP contribution < -0.4 is 10.2 Å². The molecule has 0 radical (unpaired) electrons. The highest BCUT2D eigenvalue weighted by molar-refractivity contribution is 5.95. The first-order chi connectivity index (χ1) is 15.9. The molecule has 4 rings (SSSR count). The topological polar surface area (TPSA) is 50.7 Å². The summed E-state index contributed by atoms with van der Waals surface area (Å²) in [6.45, 7) is 0.383. The van der Waals surface area contributed by atoms with Crippen LogP contribution in [0, 0.1) is 0 Å². The Bertz CT molecular complexity index is 1290. The van der Waals surface area contributed by atoms with E-state index in [0.29, 0.717) is 17.9 Å². The zero-order valence-electron chi connectivity index (χ0n) is 17.3. The van der Waals surface area contributed by atoms with E-state index < -0.39 is 17.6 Å². The number of hydrogen-bond donors (Lipinski definition) is 1. The standard InChI is InChI=1S/C26H19F3N2O2/c27-26(28,29)22-9-3-5-18(15-22)16-30-31-25(32)20-11-13-23(14-12-20)33-17-21-8-4-7-19-6-1-2-10-24(19)21/h1-16H,17H2,(H,31,32)/b30-16-. The van der Waals surface area contributed by atoms with Crippen molar-refractivity contribution in [3.63, 3.8) is 0 Å². The van der Waals surface area contributed by atoms with E-state index in [1.807, 2.05) is 42.5 Å². The lowest BCUT2D eigenvalue weighted by molar-refractivity contribution is -0.137. The van der Waals surface area contributed by atoms with Crippen LogP contribution in [0.4, 0.5) is 13.2 Å². The molecular formula is C26H19F3N2O2. The number of halogens is 3. The summed E-state index contributed by atoms with van der Waals surface area (Å²) in [6, 6.07) is 25.3. The van der Waals surface area contributed by atoms with Gasteiger partial charge in [-0.05, 0) is 58.3 Å². The van der Waals surface area contributed by atoms with Crippen LogP contribution in [0.3, 0.4) is 0 Å². The van der Waals surface area contributed by atoms with Gasteiger partial charge in [-0.25, -0.2) is 5.43 Å². The first-order valence-electron chi connectivity index (χ1n) is 10.1. The Balaban J connectivity index is 1.35. The van der Waals surface area contributed by atoms with Gasteiger partial charge in [0, 0.05) is 5.56 Å². The zero-order valence-corrected chi connectivity index (χ0v) is 17.3. The molecule has 0 saturated carbocycles. The average Bonchev–Trinajstić information content (AvgIpc) is 2.82. The molecule has 1 N–H and O–H groups in total. The van der Waals surface area contributed by atoms with Crippen LogP contribution in [0.15, 0.2) is 96.1 Å². The van der Waals surface area contributed by atoms with E-state index in [9.17, 15) is 18.0 Å². The number of amides is 1. The van der Waals surface area contributed by atoms with Crippen molar-refractivity contribution in [2.75, 3.05) is 0 Å². The number of nitrogens with one attached hydrogen (secondary N) is 1. The third-order valence-electron chi connectivity index (χ3n) is 4.98. The summed E-state index contributed by atoms with van der Waals surface area (Å²) in [4.78, 5) is 12.3. The molecule has 0 saturated heterocycles. The first-order valence-corrected chi connectivity index (χ1v) is 10.1. The van der Waals surface area contributed by atoms with E-state index in [-0.39, 0.29) is 5.56 Å². The zero-order chi connectivity index (χ0) is 23.3. The molecule has 0 aliphatic rings. The van der Waals surface area contributed by atoms with Crippen LogP contribution in [-0.2, 0) is 12.8 Å². The fourth-order valence-corrected chi connectivity index (χ4v) is 3.31. The Morgan fingerprint density at radius 3 is 2.42 bits per heavy atom. The van der Waals surface area contributed by atoms with Gasteiger partial charge < -0.3 is 4.74 Å². The van der Waals surface area contributed by atoms with Gasteiger partial charge in [-0.1, -0.05) is 54.6 Å². The van der Waals surface area contributed by atoms with Crippen LogP contribution >= 0.6 is 0 Å². The van der Waals surface area contributed by atoms with E-state index in [2.05, 4.69) is 10.5 Å². The summed E-state index contributed by atoms with van der Waals surface area (Å²) < 4.78 is 44.2. The van der Waals surface area contributed by atoms with E-state index in [1.54, 1.807) is 24.3 Å². The van der Waals surface area contributed by atoms with Gasteiger partial charge in [0.1, 0.15) is 12.4 Å². The van der Waals surface area contributed by atoms with Crippen LogP contribution in [0.2, 0.25) is 0 Å². The summed E-state index contributed by atoms with van der Waals surface area (Å²) in [5.74, 6) is 0.116. The van der Waals surface area contributed by atoms with Crippen LogP contribution in [0.25, 0.3) is 10.8 Å². The SMILES string of the molecule is O=C(N/N=C\c1cccc(C(F)(F)F)c1)c1ccc(OCc2cccc3ccccc23)cc1. The molecule has 0 spiro atoms. The van der Waals surface area contributed by atoms with Crippen molar-refractivity contribution >= 4 is 22.9 Å². The highest BCUT2D eigenvalue weighted by Crippen LogP contribution is 2.29. The summed E-state index contributed by atoms with van der Waals surface area (Å²) in [6.07, 6.45) is -3.28. The van der Waals surface area contributed by atoms with Crippen LogP contribution in [0.5, 0.6) is 5.75 Å². The predicted molar refractivity (Wildman–Crippen MR) is 121 cm³/mol. The normalized spacial score (nSPS) is 11.6. The minimum Gasteiger partial charge on any atom is -0.489 e. The highest BCUT2D eigenvalue weighted by atomic mass is 19.4. The Morgan fingerprint density at radius 2 is 1.64 bits per heavy atom. The number of alkyl halides is 3. The maximum atomic E-state index is 12.8. The number of rotatable bonds is 6. The molecular weight excluding hydrogens is 429 g/mol. The van der Waals surface area contributed by atoms with Gasteiger partial charge >= 0.3 is 6.18 Å². The number of ether oxygens (including phenoxy) is 1. The molecule has 0 aliphatic heterocycles. The van der Waals surface area contributed by atoms with Crippen molar-refractivity contribution in [1.82, 2.24) is 5.43 Å². The molecule has 0 aromatic heterocycles. The first kappa shape index (κ1) is 22.1. The molecule has 4 aromatic carbocycles. The lowest BCUT2D eigenvalue weighted by atomic mass is 10.1. The monoisotopic (exact) mass is 448 g/mol. The van der Waals surface area contributed by atoms with E-state index in [4.69, 9.17) is 4.74 Å². The maximum Gasteiger partial charge on any atom is 0.416 e. The third-order valence-corrected chi connectivity index (χ3v) is 4.98. The number of nitrogens with zero attached hydrogens (tertiary/aromatic N) is 1. The minimum atomic E-state index is -4.44. The lowest BCUT2D eigenvalue weighted by Gasteiger charge is -2.09. The number of carbonyl (C=O) groups is 1. The van der Waals surface area contributed by atoms with Gasteiger partial charge in [-0.15, -0.1) is 0 Å². The van der Waals surface area contributed by atoms with Gasteiger partial charge in [-0.2, -0.15) is 18.3 Å². The second-order valence-corrected chi connectivity index (χ2v) is 7.27. The second kappa shape index (κ2) is 9.56. The molecule has 0 unspecified atom stereocenters. The van der Waals surface area contributed by atoms with Gasteiger partial charge in [0.25, 0.3) is 5.91 Å². The Hall–Kier alpha value is -4.13. The van der Waals surface area contributed by atoms with Gasteiger partial charge in [0.15, 0.2) is 0 Å². The van der Waals surface area contributed by atoms with Crippen molar-refractivity contribution in [3.8, 4) is 5.75 Å². The Kier molecular flexibility index (Phi) is 6.40. The number of hydrogen-bond acceptors (Lipinski definition) is 3. The average molecular weight is 448 g/mol. The van der Waals surface area contributed by atoms with Crippen LogP contribution in [0.1, 0.15) is 27.0 Å². The van der Waals surface area contributed by atoms with Gasteiger partial charge in [0.05, 0.1) is 11.8 Å². The van der Waals surface area contributed by atoms with Gasteiger partial charge in [-0.3, -0.25) is 4.79 Å². The number of benzene rings is 4. The lowest BCUT2D eigenvalue weighted by Crippen LogP contribution is -2.17. The smallest absolute Gasteiger partial charge is 0.416 e. The molecule has 4 aromatic rings. The molecule has 7 heteroatoms. The van der Waals surface area contributed by atoms with E-state index >= 15 is 0 Å². The third kappa shape index (κ3) is 5.57. The minimum absolute atomic E-state index is 0.224. The highest BCUT2D eigenvalue weighted by Gasteiger charge is 2.30. The molecule has 0 bridgehead atoms. The van der Waals surface area contributed by atoms with Gasteiger partial charge in [0.2, 0.25) is 0 Å². The Labute approximate surface area is 188 Å². The van der Waals surface area contributed by atoms with Crippen molar-refractivity contribution < 1.29 is 22.7 Å². The van der Waals surface area contributed by atoms with Crippen molar-refractivity contribution in [3.05, 3.63) is 113 Å². The van der Waals surface area contributed by atoms with Crippen molar-refractivity contribution in [2.45, 2.75) is 12.8 Å². The fraction of sp³-hybridized carbons (Fsp3) is 0.0769. The van der Waals surface area contributed by atoms with Crippen molar-refractivity contribution in [2.24, 2.45) is 5.10 Å². The summed E-state index contributed by atoms with van der Waals surface area (Å²) in [7, 11) is 0. The van der Waals surface area contributed by atoms with Crippen molar-refractivity contribution in [1.29, 1.82) is 0 Å². The number of hydrazone groups is 1. The summed E-state index contributed by atoms with van der Waals surface area (Å²) >= 11 is 0. The van der Waals surface area contributed by atoms with E-state index in [0.717, 1.165) is 34.7 Å². The quantitative estimate of drug-likeness (QED) is 0.282. The predicted octanol–water partition coefficient (Wildman–Crippen LogP) is 6.20. The molecule has 166 valence electrons. The molecule has 0 fully saturated rings. The number of fused-ring (bicyclic) bond motifs is 1. The maximum absolute atomic E-state index is 12.8. The molecule has 33 heavy (non-hydrogen) atoms. The van der Waals surface area contributed by atoms with Crippen LogP contribution in [-0.4, -0.2) is 12.1 Å². The summed E-state index contributed by atoms with van der Waals surface area (Å²) in [5.41, 5.74) is 3.15. The molecule has 4 nitrogen and oxygen atoms in total. The molecule has 0 atom stereocenters. The molecule has 0 aliphatic carbocycles. The summed E-state index contributed by atoms with van der Waals surface area (Å²) in [5, 5.41) is 6.00. The second-order valence-electron chi connectivity index (χ2n) is 7.27. The molecule has 1 amide bonds. The number of carbonyl (C=O) groups excluding carboxylic acids is 1. The Morgan fingerprint density at radius 1 is 0.909 bits per heavy atom. The largest absolute Gasteiger partial charge is 0.489 e.